The summed E-state index contributed by atoms with van der Waals surface area (Å²) in [6.45, 7) is 2.58. The third-order valence-electron chi connectivity index (χ3n) is 3.00. The molecule has 1 atom stereocenters. The topological polar surface area (TPSA) is 118 Å². The smallest absolute Gasteiger partial charge is 0.307 e. The molecule has 0 saturated heterocycles. The summed E-state index contributed by atoms with van der Waals surface area (Å²) in [5.74, 6) is -2.08. The molecular weight excluding hydrogens is 336 g/mol. The van der Waals surface area contributed by atoms with Gasteiger partial charge in [0.1, 0.15) is 9.92 Å². The van der Waals surface area contributed by atoms with E-state index in [4.69, 9.17) is 16.7 Å². The average molecular weight is 351 g/mol. The number of carbonyl (C=O) groups is 1. The summed E-state index contributed by atoms with van der Waals surface area (Å²) in [5, 5.41) is 19.3. The average Bonchev–Trinajstić information content (AvgIpc) is 2.40. The zero-order chi connectivity index (χ0) is 17.2. The summed E-state index contributed by atoms with van der Waals surface area (Å²) in [4.78, 5) is 20.6. The van der Waals surface area contributed by atoms with Crippen molar-refractivity contribution in [3.63, 3.8) is 0 Å². The number of nitrogens with zero attached hydrogens (tertiary/aromatic N) is 2. The van der Waals surface area contributed by atoms with E-state index in [1.807, 2.05) is 0 Å². The number of hydrogen-bond acceptors (Lipinski definition) is 5. The highest BCUT2D eigenvalue weighted by molar-refractivity contribution is 7.89. The first kappa shape index (κ1) is 18.3. The standard InChI is InChI=1S/C12H15ClN2O6S/c1-7-4-9(15(18)19)11(13)10(5-7)22(20,21)14(3)6-8(2)12(16)17/h4-5,8H,6H2,1-3H3,(H,16,17). The van der Waals surface area contributed by atoms with Crippen LogP contribution >= 0.6 is 11.6 Å². The summed E-state index contributed by atoms with van der Waals surface area (Å²) < 4.78 is 25.7. The van der Waals surface area contributed by atoms with E-state index in [0.29, 0.717) is 5.56 Å². The summed E-state index contributed by atoms with van der Waals surface area (Å²) >= 11 is 5.84. The first-order valence-electron chi connectivity index (χ1n) is 6.12. The maximum Gasteiger partial charge on any atom is 0.307 e. The molecule has 1 N–H and O–H groups in total. The number of benzene rings is 1. The SMILES string of the molecule is Cc1cc([N+](=O)[O-])c(Cl)c(S(=O)(=O)N(C)CC(C)C(=O)O)c1. The van der Waals surface area contributed by atoms with Crippen LogP contribution in [-0.2, 0) is 14.8 Å². The van der Waals surface area contributed by atoms with E-state index in [2.05, 4.69) is 0 Å². The Morgan fingerprint density at radius 3 is 2.50 bits per heavy atom. The van der Waals surface area contributed by atoms with Gasteiger partial charge in [0.15, 0.2) is 0 Å². The van der Waals surface area contributed by atoms with E-state index >= 15 is 0 Å². The molecule has 1 aromatic rings. The molecule has 0 fully saturated rings. The second kappa shape index (κ2) is 6.59. The number of carboxylic acids is 1. The normalized spacial score (nSPS) is 13.1. The molecule has 1 unspecified atom stereocenters. The molecule has 0 aliphatic heterocycles. The van der Waals surface area contributed by atoms with Gasteiger partial charge in [0.2, 0.25) is 10.0 Å². The Kier molecular flexibility index (Phi) is 5.49. The highest BCUT2D eigenvalue weighted by Gasteiger charge is 2.30. The maximum absolute atomic E-state index is 12.5. The first-order chi connectivity index (χ1) is 9.98. The molecule has 8 nitrogen and oxygen atoms in total. The molecule has 0 saturated carbocycles. The van der Waals surface area contributed by atoms with Crippen molar-refractivity contribution in [1.82, 2.24) is 4.31 Å². The Morgan fingerprint density at radius 1 is 1.50 bits per heavy atom. The van der Waals surface area contributed by atoms with Crippen molar-refractivity contribution in [2.75, 3.05) is 13.6 Å². The predicted molar refractivity (Wildman–Crippen MR) is 79.5 cm³/mol. The van der Waals surface area contributed by atoms with Crippen LogP contribution in [0.25, 0.3) is 0 Å². The van der Waals surface area contributed by atoms with E-state index in [1.165, 1.54) is 33.0 Å². The Morgan fingerprint density at radius 2 is 2.05 bits per heavy atom. The minimum atomic E-state index is -4.14. The molecular formula is C12H15ClN2O6S. The molecule has 122 valence electrons. The minimum absolute atomic E-state index is 0.282. The van der Waals surface area contributed by atoms with Crippen LogP contribution in [0.5, 0.6) is 0 Å². The third-order valence-corrected chi connectivity index (χ3v) is 5.36. The Hall–Kier alpha value is -1.71. The maximum atomic E-state index is 12.5. The van der Waals surface area contributed by atoms with Gasteiger partial charge in [0, 0.05) is 19.7 Å². The fourth-order valence-electron chi connectivity index (χ4n) is 1.77. The number of nitro groups is 1. The number of halogens is 1. The van der Waals surface area contributed by atoms with Gasteiger partial charge in [0.25, 0.3) is 5.69 Å². The van der Waals surface area contributed by atoms with E-state index in [0.717, 1.165) is 4.31 Å². The Balaban J connectivity index is 3.34. The van der Waals surface area contributed by atoms with Crippen LogP contribution in [0.15, 0.2) is 17.0 Å². The van der Waals surface area contributed by atoms with Crippen LogP contribution in [0.1, 0.15) is 12.5 Å². The number of aryl methyl sites for hydroxylation is 1. The second-order valence-electron chi connectivity index (χ2n) is 4.88. The van der Waals surface area contributed by atoms with Crippen molar-refractivity contribution in [1.29, 1.82) is 0 Å². The molecule has 0 aliphatic carbocycles. The van der Waals surface area contributed by atoms with Gasteiger partial charge < -0.3 is 5.11 Å². The lowest BCUT2D eigenvalue weighted by molar-refractivity contribution is -0.385. The number of hydrogen-bond donors (Lipinski definition) is 1. The van der Waals surface area contributed by atoms with Crippen molar-refractivity contribution in [3.05, 3.63) is 32.8 Å². The van der Waals surface area contributed by atoms with Gasteiger partial charge in [-0.15, -0.1) is 0 Å². The van der Waals surface area contributed by atoms with Gasteiger partial charge in [-0.05, 0) is 18.6 Å². The minimum Gasteiger partial charge on any atom is -0.481 e. The van der Waals surface area contributed by atoms with Crippen molar-refractivity contribution >= 4 is 33.3 Å². The van der Waals surface area contributed by atoms with E-state index in [-0.39, 0.29) is 6.54 Å². The van der Waals surface area contributed by atoms with Gasteiger partial charge >= 0.3 is 5.97 Å². The molecule has 0 heterocycles. The number of sulfonamides is 1. The van der Waals surface area contributed by atoms with Gasteiger partial charge in [-0.2, -0.15) is 0 Å². The van der Waals surface area contributed by atoms with Crippen LogP contribution in [0.3, 0.4) is 0 Å². The Bertz CT molecular complexity index is 719. The number of nitro benzene ring substituents is 1. The van der Waals surface area contributed by atoms with Crippen molar-refractivity contribution in [2.45, 2.75) is 18.7 Å². The summed E-state index contributed by atoms with van der Waals surface area (Å²) in [7, 11) is -2.95. The van der Waals surface area contributed by atoms with E-state index in [9.17, 15) is 23.3 Å². The van der Waals surface area contributed by atoms with Gasteiger partial charge in [-0.1, -0.05) is 18.5 Å². The molecule has 0 bridgehead atoms. The van der Waals surface area contributed by atoms with Gasteiger partial charge in [0.05, 0.1) is 10.8 Å². The number of carboxylic acid groups (broad SMARTS) is 1. The fraction of sp³-hybridized carbons (Fsp3) is 0.417. The number of rotatable bonds is 6. The molecule has 22 heavy (non-hydrogen) atoms. The summed E-state index contributed by atoms with van der Waals surface area (Å²) in [5.41, 5.74) is -0.158. The highest BCUT2D eigenvalue weighted by Crippen LogP contribution is 2.34. The summed E-state index contributed by atoms with van der Waals surface area (Å²) in [6.07, 6.45) is 0. The monoisotopic (exact) mass is 350 g/mol. The molecule has 0 aliphatic rings. The van der Waals surface area contributed by atoms with Crippen molar-refractivity contribution < 1.29 is 23.2 Å². The summed E-state index contributed by atoms with van der Waals surface area (Å²) in [6, 6.07) is 2.38. The molecule has 1 aromatic carbocycles. The lowest BCUT2D eigenvalue weighted by Gasteiger charge is -2.20. The lowest BCUT2D eigenvalue weighted by Crippen LogP contribution is -2.34. The molecule has 1 rings (SSSR count). The van der Waals surface area contributed by atoms with Crippen LogP contribution in [-0.4, -0.2) is 42.3 Å². The van der Waals surface area contributed by atoms with Gasteiger partial charge in [-0.25, -0.2) is 12.7 Å². The molecule has 10 heteroatoms. The van der Waals surface area contributed by atoms with Crippen molar-refractivity contribution in [2.24, 2.45) is 5.92 Å². The zero-order valence-electron chi connectivity index (χ0n) is 12.1. The van der Waals surface area contributed by atoms with Crippen LogP contribution in [0, 0.1) is 23.0 Å². The van der Waals surface area contributed by atoms with Crippen LogP contribution in [0.2, 0.25) is 5.02 Å². The molecule has 0 radical (unpaired) electrons. The predicted octanol–water partition coefficient (Wildman–Crippen LogP) is 1.90. The molecule has 0 spiro atoms. The van der Waals surface area contributed by atoms with E-state index in [1.54, 1.807) is 0 Å². The first-order valence-corrected chi connectivity index (χ1v) is 7.94. The lowest BCUT2D eigenvalue weighted by atomic mass is 10.2. The van der Waals surface area contributed by atoms with Crippen molar-refractivity contribution in [3.8, 4) is 0 Å². The van der Waals surface area contributed by atoms with Gasteiger partial charge in [-0.3, -0.25) is 14.9 Å². The highest BCUT2D eigenvalue weighted by atomic mass is 35.5. The zero-order valence-corrected chi connectivity index (χ0v) is 13.7. The van der Waals surface area contributed by atoms with Crippen LogP contribution in [0.4, 0.5) is 5.69 Å². The van der Waals surface area contributed by atoms with Crippen LogP contribution < -0.4 is 0 Å². The largest absolute Gasteiger partial charge is 0.481 e. The third kappa shape index (κ3) is 3.73. The number of aliphatic carboxylic acids is 1. The second-order valence-corrected chi connectivity index (χ2v) is 7.27. The Labute approximate surface area is 132 Å². The molecule has 0 amide bonds. The van der Waals surface area contributed by atoms with E-state index < -0.39 is 42.4 Å². The fourth-order valence-corrected chi connectivity index (χ4v) is 3.66. The quantitative estimate of drug-likeness (QED) is 0.618. The molecule has 0 aromatic heterocycles.